The number of hydrogen-bond acceptors (Lipinski definition) is 11. The van der Waals surface area contributed by atoms with Gasteiger partial charge in [-0.25, -0.2) is 0 Å². The molecule has 0 spiro atoms. The lowest BCUT2D eigenvalue weighted by atomic mass is 10.0. The maximum absolute atomic E-state index is 12.9. The predicted molar refractivity (Wildman–Crippen MR) is 143 cm³/mol. The summed E-state index contributed by atoms with van der Waals surface area (Å²) in [6.45, 7) is 4.51. The molecular weight excluding hydrogens is 522 g/mol. The molecule has 1 N–H and O–H groups in total. The van der Waals surface area contributed by atoms with Gasteiger partial charge < -0.3 is 33.8 Å². The Balaban J connectivity index is 2.72. The van der Waals surface area contributed by atoms with Crippen LogP contribution in [0, 0.1) is 0 Å². The summed E-state index contributed by atoms with van der Waals surface area (Å²) in [6, 6.07) is 0. The van der Waals surface area contributed by atoms with E-state index in [1.807, 2.05) is 21.6 Å². The molecule has 1 fully saturated rings. The molecular formula is C25H43NO9S2. The minimum absolute atomic E-state index is 0.0224. The monoisotopic (exact) mass is 565 g/mol. The first-order valence-electron chi connectivity index (χ1n) is 13.0. The van der Waals surface area contributed by atoms with Gasteiger partial charge in [0.2, 0.25) is 5.91 Å². The van der Waals surface area contributed by atoms with E-state index in [1.54, 1.807) is 13.8 Å². The highest BCUT2D eigenvalue weighted by molar-refractivity contribution is 8.77. The number of carbonyl (C=O) groups excluding carboxylic acids is 4. The van der Waals surface area contributed by atoms with Crippen LogP contribution >= 0.6 is 21.6 Å². The third-order valence-electron chi connectivity index (χ3n) is 5.34. The molecule has 0 bridgehead atoms. The summed E-state index contributed by atoms with van der Waals surface area (Å²) in [4.78, 5) is 46.9. The number of unbranched alkanes of at least 4 members (excludes halogenated alkanes) is 1. The van der Waals surface area contributed by atoms with Crippen molar-refractivity contribution in [1.82, 2.24) is 5.32 Å². The topological polar surface area (TPSA) is 126 Å². The highest BCUT2D eigenvalue weighted by Crippen LogP contribution is 2.39. The van der Waals surface area contributed by atoms with E-state index in [1.165, 1.54) is 12.2 Å². The van der Waals surface area contributed by atoms with Gasteiger partial charge in [-0.2, -0.15) is 0 Å². The van der Waals surface area contributed by atoms with Crippen LogP contribution in [0.15, 0.2) is 0 Å². The first-order chi connectivity index (χ1) is 17.9. The van der Waals surface area contributed by atoms with Crippen molar-refractivity contribution in [2.75, 3.05) is 58.6 Å². The number of carbonyl (C=O) groups is 4. The van der Waals surface area contributed by atoms with Gasteiger partial charge in [0.1, 0.15) is 11.8 Å². The van der Waals surface area contributed by atoms with Gasteiger partial charge in [-0.15, -0.1) is 0 Å². The normalized spacial score (nSPS) is 15.4. The van der Waals surface area contributed by atoms with Crippen molar-refractivity contribution in [1.29, 1.82) is 0 Å². The summed E-state index contributed by atoms with van der Waals surface area (Å²) < 4.78 is 27.0. The van der Waals surface area contributed by atoms with Crippen LogP contribution in [0.25, 0.3) is 0 Å². The molecule has 0 aromatic carbocycles. The lowest BCUT2D eigenvalue weighted by molar-refractivity contribution is -0.145. The van der Waals surface area contributed by atoms with Crippen molar-refractivity contribution in [2.45, 2.75) is 76.0 Å². The van der Waals surface area contributed by atoms with Crippen molar-refractivity contribution >= 4 is 45.7 Å². The van der Waals surface area contributed by atoms with Gasteiger partial charge in [0.25, 0.3) is 0 Å². The Morgan fingerprint density at radius 3 is 2.00 bits per heavy atom. The molecule has 10 nitrogen and oxygen atoms in total. The fourth-order valence-corrected chi connectivity index (χ4v) is 6.55. The number of esters is 2. The zero-order valence-electron chi connectivity index (χ0n) is 22.2. The molecule has 0 aromatic rings. The standard InChI is InChI=1S/C25H43NO9S2/c1-3-34-23(29)10-15-32-19-25(18-31-14-7-13-27,20-33-16-11-24(30)35-4-2)26-22(28)9-6-5-8-21-12-17-36-37-21/h13,21H,3-12,14-20H2,1-2H3,(H,26,28). The minimum atomic E-state index is -1.05. The molecule has 1 heterocycles. The van der Waals surface area contributed by atoms with E-state index in [2.05, 4.69) is 5.32 Å². The van der Waals surface area contributed by atoms with E-state index in [-0.39, 0.29) is 90.0 Å². The fraction of sp³-hybridized carbons (Fsp3) is 0.840. The summed E-state index contributed by atoms with van der Waals surface area (Å²) in [7, 11) is 3.84. The van der Waals surface area contributed by atoms with Crippen LogP contribution in [-0.4, -0.2) is 93.5 Å². The predicted octanol–water partition coefficient (Wildman–Crippen LogP) is 3.10. The maximum atomic E-state index is 12.9. The Morgan fingerprint density at radius 2 is 1.49 bits per heavy atom. The van der Waals surface area contributed by atoms with Crippen molar-refractivity contribution in [3.63, 3.8) is 0 Å². The second-order valence-electron chi connectivity index (χ2n) is 8.63. The van der Waals surface area contributed by atoms with Gasteiger partial charge in [0.05, 0.1) is 65.7 Å². The molecule has 1 atom stereocenters. The molecule has 0 saturated carbocycles. The highest BCUT2D eigenvalue weighted by atomic mass is 33.1. The van der Waals surface area contributed by atoms with Crippen molar-refractivity contribution in [3.8, 4) is 0 Å². The van der Waals surface area contributed by atoms with E-state index in [9.17, 15) is 19.2 Å². The smallest absolute Gasteiger partial charge is 0.308 e. The molecule has 1 rings (SSSR count). The van der Waals surface area contributed by atoms with E-state index in [4.69, 9.17) is 23.7 Å². The molecule has 1 aliphatic rings. The summed E-state index contributed by atoms with van der Waals surface area (Å²) >= 11 is 0. The number of aldehydes is 1. The Labute approximate surface area is 228 Å². The van der Waals surface area contributed by atoms with Crippen LogP contribution in [0.2, 0.25) is 0 Å². The van der Waals surface area contributed by atoms with Gasteiger partial charge in [-0.1, -0.05) is 28.0 Å². The minimum Gasteiger partial charge on any atom is -0.466 e. The average Bonchev–Trinajstić information content (AvgIpc) is 3.39. The summed E-state index contributed by atoms with van der Waals surface area (Å²) in [5.74, 6) is 0.289. The largest absolute Gasteiger partial charge is 0.466 e. The van der Waals surface area contributed by atoms with Gasteiger partial charge in [0, 0.05) is 23.8 Å². The van der Waals surface area contributed by atoms with Crippen molar-refractivity contribution in [2.24, 2.45) is 0 Å². The lowest BCUT2D eigenvalue weighted by Gasteiger charge is -2.34. The molecule has 1 unspecified atom stereocenters. The molecule has 0 aromatic heterocycles. The van der Waals surface area contributed by atoms with E-state index < -0.39 is 5.54 Å². The van der Waals surface area contributed by atoms with Gasteiger partial charge >= 0.3 is 11.9 Å². The van der Waals surface area contributed by atoms with Gasteiger partial charge in [0.15, 0.2) is 0 Å². The molecule has 1 amide bonds. The van der Waals surface area contributed by atoms with E-state index in [0.29, 0.717) is 11.7 Å². The second-order valence-corrected chi connectivity index (χ2v) is 11.4. The number of amides is 1. The first kappa shape index (κ1) is 33.7. The molecule has 0 aliphatic carbocycles. The van der Waals surface area contributed by atoms with E-state index >= 15 is 0 Å². The third-order valence-corrected chi connectivity index (χ3v) is 8.35. The van der Waals surface area contributed by atoms with Crippen molar-refractivity contribution in [3.05, 3.63) is 0 Å². The number of hydrogen-bond donors (Lipinski definition) is 1. The Bertz CT molecular complexity index is 634. The quantitative estimate of drug-likeness (QED) is 0.0850. The Hall–Kier alpha value is -1.34. The van der Waals surface area contributed by atoms with Crippen molar-refractivity contribution < 1.29 is 42.9 Å². The lowest BCUT2D eigenvalue weighted by Crippen LogP contribution is -2.58. The molecule has 1 aliphatic heterocycles. The SMILES string of the molecule is CCOC(=O)CCOCC(COCCC=O)(COCCC(=O)OCC)NC(=O)CCCCC1CCSS1. The molecule has 1 saturated heterocycles. The number of rotatable bonds is 23. The van der Waals surface area contributed by atoms with Crippen LogP contribution in [0.1, 0.15) is 65.2 Å². The van der Waals surface area contributed by atoms with E-state index in [0.717, 1.165) is 25.5 Å². The second kappa shape index (κ2) is 21.6. The number of nitrogens with one attached hydrogen (secondary N) is 1. The highest BCUT2D eigenvalue weighted by Gasteiger charge is 2.34. The molecule has 12 heteroatoms. The zero-order chi connectivity index (χ0) is 27.2. The summed E-state index contributed by atoms with van der Waals surface area (Å²) in [5, 5.41) is 3.68. The van der Waals surface area contributed by atoms with Crippen LogP contribution in [0.4, 0.5) is 0 Å². The van der Waals surface area contributed by atoms with Crippen LogP contribution in [0.5, 0.6) is 0 Å². The average molecular weight is 566 g/mol. The Kier molecular flexibility index (Phi) is 19.6. The fourth-order valence-electron chi connectivity index (χ4n) is 3.52. The molecule has 214 valence electrons. The molecule has 37 heavy (non-hydrogen) atoms. The Morgan fingerprint density at radius 1 is 0.892 bits per heavy atom. The van der Waals surface area contributed by atoms with Crippen LogP contribution < -0.4 is 5.32 Å². The van der Waals surface area contributed by atoms with Crippen LogP contribution in [-0.2, 0) is 42.9 Å². The summed E-state index contributed by atoms with van der Waals surface area (Å²) in [5.41, 5.74) is -1.05. The third kappa shape index (κ3) is 17.0. The van der Waals surface area contributed by atoms with Gasteiger partial charge in [-0.05, 0) is 33.1 Å². The number of ether oxygens (including phenoxy) is 5. The maximum Gasteiger partial charge on any atom is 0.308 e. The van der Waals surface area contributed by atoms with Crippen LogP contribution in [0.3, 0.4) is 0 Å². The molecule has 0 radical (unpaired) electrons. The first-order valence-corrected chi connectivity index (χ1v) is 15.4. The van der Waals surface area contributed by atoms with Gasteiger partial charge in [-0.3, -0.25) is 14.4 Å². The zero-order valence-corrected chi connectivity index (χ0v) is 23.8. The summed E-state index contributed by atoms with van der Waals surface area (Å²) in [6.07, 6.45) is 5.53.